The average molecular weight is 304 g/mol. The van der Waals surface area contributed by atoms with Gasteiger partial charge >= 0.3 is 5.97 Å². The molecule has 116 valence electrons. The Balaban J connectivity index is 2.62. The maximum Gasteiger partial charge on any atom is 0.358 e. The molecule has 0 aliphatic heterocycles. The fraction of sp³-hybridized carbons (Fsp3) is 0.312. The summed E-state index contributed by atoms with van der Waals surface area (Å²) in [7, 11) is 2.78. The van der Waals surface area contributed by atoms with Crippen molar-refractivity contribution in [3.05, 3.63) is 41.6 Å². The van der Waals surface area contributed by atoms with Gasteiger partial charge in [0, 0.05) is 5.56 Å². The number of hydrogen-bond acceptors (Lipinski definition) is 5. The Kier molecular flexibility index (Phi) is 4.70. The monoisotopic (exact) mass is 304 g/mol. The van der Waals surface area contributed by atoms with Crippen LogP contribution in [0.2, 0.25) is 0 Å². The molecule has 6 heteroatoms. The number of hydrogen-bond donors (Lipinski definition) is 0. The van der Waals surface area contributed by atoms with E-state index in [0.717, 1.165) is 0 Å². The second kappa shape index (κ2) is 6.51. The number of rotatable bonds is 4. The molecule has 0 saturated heterocycles. The summed E-state index contributed by atoms with van der Waals surface area (Å²) < 4.78 is 23.9. The predicted octanol–water partition coefficient (Wildman–Crippen LogP) is 3.20. The van der Waals surface area contributed by atoms with E-state index in [1.54, 1.807) is 6.07 Å². The van der Waals surface area contributed by atoms with E-state index in [0.29, 0.717) is 17.1 Å². The number of aromatic nitrogens is 2. The summed E-state index contributed by atoms with van der Waals surface area (Å²) in [5, 5.41) is 0. The molecule has 2 aromatic rings. The molecule has 22 heavy (non-hydrogen) atoms. The topological polar surface area (TPSA) is 61.3 Å². The van der Waals surface area contributed by atoms with Crippen molar-refractivity contribution in [3.8, 4) is 17.0 Å². The molecule has 0 amide bonds. The van der Waals surface area contributed by atoms with Crippen LogP contribution in [0, 0.1) is 5.82 Å². The predicted molar refractivity (Wildman–Crippen MR) is 79.4 cm³/mol. The third-order valence-electron chi connectivity index (χ3n) is 3.17. The lowest BCUT2D eigenvalue weighted by Crippen LogP contribution is -2.10. The molecule has 0 aliphatic carbocycles. The Labute approximate surface area is 128 Å². The summed E-state index contributed by atoms with van der Waals surface area (Å²) in [6.07, 6.45) is 1.28. The normalized spacial score (nSPS) is 10.6. The Hall–Kier alpha value is -2.50. The van der Waals surface area contributed by atoms with Crippen molar-refractivity contribution in [2.24, 2.45) is 0 Å². The van der Waals surface area contributed by atoms with Gasteiger partial charge in [-0.05, 0) is 24.1 Å². The number of esters is 1. The smallest absolute Gasteiger partial charge is 0.358 e. The van der Waals surface area contributed by atoms with E-state index in [9.17, 15) is 9.18 Å². The summed E-state index contributed by atoms with van der Waals surface area (Å²) in [6, 6.07) is 4.40. The first-order valence-corrected chi connectivity index (χ1v) is 6.77. The van der Waals surface area contributed by atoms with Crippen molar-refractivity contribution < 1.29 is 18.7 Å². The molecule has 1 aromatic carbocycles. The van der Waals surface area contributed by atoms with Gasteiger partial charge in [0.15, 0.2) is 5.69 Å². The highest BCUT2D eigenvalue weighted by atomic mass is 19.1. The first kappa shape index (κ1) is 15.9. The van der Waals surface area contributed by atoms with Crippen LogP contribution in [-0.4, -0.2) is 30.2 Å². The second-order valence-corrected chi connectivity index (χ2v) is 4.98. The van der Waals surface area contributed by atoms with Crippen LogP contribution in [0.4, 0.5) is 4.39 Å². The van der Waals surface area contributed by atoms with Crippen LogP contribution in [0.3, 0.4) is 0 Å². The SMILES string of the molecule is COC(=O)c1cnc(-c2cc(OC)ccc2F)c(C(C)C)n1. The van der Waals surface area contributed by atoms with Crippen molar-refractivity contribution in [2.75, 3.05) is 14.2 Å². The van der Waals surface area contributed by atoms with Crippen LogP contribution in [0.15, 0.2) is 24.4 Å². The zero-order valence-corrected chi connectivity index (χ0v) is 12.9. The van der Waals surface area contributed by atoms with Crippen LogP contribution < -0.4 is 4.74 Å². The second-order valence-electron chi connectivity index (χ2n) is 4.98. The van der Waals surface area contributed by atoms with Crippen molar-refractivity contribution in [3.63, 3.8) is 0 Å². The molecule has 1 aromatic heterocycles. The molecule has 0 fully saturated rings. The maximum absolute atomic E-state index is 14.1. The van der Waals surface area contributed by atoms with Crippen molar-refractivity contribution in [1.82, 2.24) is 9.97 Å². The van der Waals surface area contributed by atoms with Gasteiger partial charge in [-0.3, -0.25) is 4.98 Å². The lowest BCUT2D eigenvalue weighted by Gasteiger charge is -2.13. The number of methoxy groups -OCH3 is 2. The highest BCUT2D eigenvalue weighted by Gasteiger charge is 2.19. The number of halogens is 1. The minimum Gasteiger partial charge on any atom is -0.497 e. The molecule has 0 N–H and O–H groups in total. The van der Waals surface area contributed by atoms with Gasteiger partial charge in [0.25, 0.3) is 0 Å². The van der Waals surface area contributed by atoms with E-state index < -0.39 is 11.8 Å². The van der Waals surface area contributed by atoms with E-state index in [-0.39, 0.29) is 17.2 Å². The van der Waals surface area contributed by atoms with Gasteiger partial charge in [0.2, 0.25) is 0 Å². The zero-order valence-electron chi connectivity index (χ0n) is 12.9. The molecule has 0 bridgehead atoms. The summed E-state index contributed by atoms with van der Waals surface area (Å²) in [5.74, 6) is -0.530. The maximum atomic E-state index is 14.1. The molecule has 0 spiro atoms. The molecule has 2 rings (SSSR count). The third kappa shape index (κ3) is 3.05. The molecule has 0 saturated carbocycles. The fourth-order valence-corrected chi connectivity index (χ4v) is 2.03. The Bertz CT molecular complexity index is 702. The van der Waals surface area contributed by atoms with E-state index in [1.165, 1.54) is 32.5 Å². The quantitative estimate of drug-likeness (QED) is 0.812. The fourth-order valence-electron chi connectivity index (χ4n) is 2.03. The Morgan fingerprint density at radius 1 is 1.27 bits per heavy atom. The molecular formula is C16H17FN2O3. The number of carbonyl (C=O) groups is 1. The summed E-state index contributed by atoms with van der Waals surface area (Å²) in [4.78, 5) is 20.1. The van der Waals surface area contributed by atoms with Crippen molar-refractivity contribution in [2.45, 2.75) is 19.8 Å². The van der Waals surface area contributed by atoms with Gasteiger partial charge in [0.1, 0.15) is 11.6 Å². The Morgan fingerprint density at radius 3 is 2.59 bits per heavy atom. The molecular weight excluding hydrogens is 287 g/mol. The van der Waals surface area contributed by atoms with Gasteiger partial charge in [0.05, 0.1) is 31.8 Å². The molecule has 0 radical (unpaired) electrons. The minimum absolute atomic E-state index is 0.0438. The van der Waals surface area contributed by atoms with Crippen LogP contribution >= 0.6 is 0 Å². The first-order valence-electron chi connectivity index (χ1n) is 6.77. The van der Waals surface area contributed by atoms with Crippen LogP contribution in [-0.2, 0) is 4.74 Å². The van der Waals surface area contributed by atoms with E-state index >= 15 is 0 Å². The van der Waals surface area contributed by atoms with E-state index in [2.05, 4.69) is 14.7 Å². The number of carbonyl (C=O) groups excluding carboxylic acids is 1. The van der Waals surface area contributed by atoms with E-state index in [4.69, 9.17) is 4.74 Å². The van der Waals surface area contributed by atoms with Gasteiger partial charge < -0.3 is 9.47 Å². The van der Waals surface area contributed by atoms with Gasteiger partial charge in [-0.2, -0.15) is 0 Å². The zero-order chi connectivity index (χ0) is 16.3. The molecule has 5 nitrogen and oxygen atoms in total. The van der Waals surface area contributed by atoms with Gasteiger partial charge in [-0.25, -0.2) is 14.2 Å². The van der Waals surface area contributed by atoms with Crippen LogP contribution in [0.1, 0.15) is 35.9 Å². The van der Waals surface area contributed by atoms with Crippen LogP contribution in [0.25, 0.3) is 11.3 Å². The highest BCUT2D eigenvalue weighted by Crippen LogP contribution is 2.30. The number of ether oxygens (including phenoxy) is 2. The largest absolute Gasteiger partial charge is 0.497 e. The van der Waals surface area contributed by atoms with Crippen molar-refractivity contribution >= 4 is 5.97 Å². The molecule has 0 atom stereocenters. The summed E-state index contributed by atoms with van der Waals surface area (Å²) in [6.45, 7) is 3.79. The average Bonchev–Trinajstić information content (AvgIpc) is 2.54. The van der Waals surface area contributed by atoms with E-state index in [1.807, 2.05) is 13.8 Å². The van der Waals surface area contributed by atoms with Crippen LogP contribution in [0.5, 0.6) is 5.75 Å². The van der Waals surface area contributed by atoms with Gasteiger partial charge in [-0.1, -0.05) is 13.8 Å². The standard InChI is InChI=1S/C16H17FN2O3/c1-9(2)14-15(18-8-13(19-14)16(20)22-4)11-7-10(21-3)5-6-12(11)17/h5-9H,1-4H3. The lowest BCUT2D eigenvalue weighted by atomic mass is 10.0. The highest BCUT2D eigenvalue weighted by molar-refractivity contribution is 5.87. The third-order valence-corrected chi connectivity index (χ3v) is 3.17. The number of nitrogens with zero attached hydrogens (tertiary/aromatic N) is 2. The first-order chi connectivity index (χ1) is 10.5. The Morgan fingerprint density at radius 2 is 2.00 bits per heavy atom. The summed E-state index contributed by atoms with van der Waals surface area (Å²) >= 11 is 0. The minimum atomic E-state index is -0.577. The molecule has 0 aliphatic rings. The lowest BCUT2D eigenvalue weighted by molar-refractivity contribution is 0.0593. The molecule has 0 unspecified atom stereocenters. The summed E-state index contributed by atoms with van der Waals surface area (Å²) in [5.41, 5.74) is 1.29. The van der Waals surface area contributed by atoms with Crippen molar-refractivity contribution in [1.29, 1.82) is 0 Å². The number of benzene rings is 1. The van der Waals surface area contributed by atoms with Gasteiger partial charge in [-0.15, -0.1) is 0 Å². The molecule has 1 heterocycles.